The highest BCUT2D eigenvalue weighted by molar-refractivity contribution is 5.94. The lowest BCUT2D eigenvalue weighted by atomic mass is 10.1. The lowest BCUT2D eigenvalue weighted by molar-refractivity contribution is 0.100. The molecule has 0 saturated heterocycles. The molecule has 0 radical (unpaired) electrons. The Hall–Kier alpha value is -2.50. The van der Waals surface area contributed by atoms with Gasteiger partial charge in [0.05, 0.1) is 17.7 Å². The molecule has 5 N–H and O–H groups in total. The van der Waals surface area contributed by atoms with E-state index in [-0.39, 0.29) is 0 Å². The molecule has 0 aliphatic rings. The molecule has 2 rings (SSSR count). The van der Waals surface area contributed by atoms with E-state index < -0.39 is 5.91 Å². The van der Waals surface area contributed by atoms with Gasteiger partial charge in [0.15, 0.2) is 0 Å². The average Bonchev–Trinajstić information content (AvgIpc) is 2.89. The summed E-state index contributed by atoms with van der Waals surface area (Å²) in [5.41, 5.74) is 12.8. The van der Waals surface area contributed by atoms with Gasteiger partial charge < -0.3 is 21.4 Å². The molecular formula is C13H17N5O. The normalized spacial score (nSPS) is 10.3. The van der Waals surface area contributed by atoms with Crippen LogP contribution < -0.4 is 16.8 Å². The Labute approximate surface area is 111 Å². The predicted molar refractivity (Wildman–Crippen MR) is 74.7 cm³/mol. The molecule has 19 heavy (non-hydrogen) atoms. The maximum Gasteiger partial charge on any atom is 0.248 e. The summed E-state index contributed by atoms with van der Waals surface area (Å²) in [5, 5.41) is 3.23. The lowest BCUT2D eigenvalue weighted by Crippen LogP contribution is -2.12. The zero-order valence-electron chi connectivity index (χ0n) is 10.5. The molecule has 0 saturated carbocycles. The number of benzene rings is 1. The monoisotopic (exact) mass is 259 g/mol. The summed E-state index contributed by atoms with van der Waals surface area (Å²) in [6, 6.07) is 5.02. The summed E-state index contributed by atoms with van der Waals surface area (Å²) in [6.45, 7) is 1.69. The third kappa shape index (κ3) is 3.48. The number of aromatic nitrogens is 2. The van der Waals surface area contributed by atoms with E-state index in [1.165, 1.54) is 0 Å². The first kappa shape index (κ1) is 12.9. The molecule has 1 aromatic carbocycles. The van der Waals surface area contributed by atoms with E-state index in [1.807, 2.05) is 10.8 Å². The number of anilines is 2. The van der Waals surface area contributed by atoms with Crippen LogP contribution in [0.1, 0.15) is 16.8 Å². The number of nitrogens with two attached hydrogens (primary N) is 2. The van der Waals surface area contributed by atoms with Crippen molar-refractivity contribution < 1.29 is 4.79 Å². The number of hydrogen-bond donors (Lipinski definition) is 3. The molecule has 0 aliphatic carbocycles. The van der Waals surface area contributed by atoms with Gasteiger partial charge in [-0.3, -0.25) is 4.79 Å². The molecule has 6 nitrogen and oxygen atoms in total. The molecule has 1 aromatic heterocycles. The molecule has 6 heteroatoms. The summed E-state index contributed by atoms with van der Waals surface area (Å²) in [7, 11) is 0. The summed E-state index contributed by atoms with van der Waals surface area (Å²) in [6.07, 6.45) is 6.42. The zero-order chi connectivity index (χ0) is 13.7. The molecule has 0 aliphatic heterocycles. The van der Waals surface area contributed by atoms with Crippen LogP contribution in [0.5, 0.6) is 0 Å². The molecule has 0 bridgehead atoms. The lowest BCUT2D eigenvalue weighted by Gasteiger charge is -2.10. The minimum atomic E-state index is -0.474. The summed E-state index contributed by atoms with van der Waals surface area (Å²) in [5.74, 6) is -0.474. The minimum absolute atomic E-state index is 0.418. The Kier molecular flexibility index (Phi) is 4.02. The topological polar surface area (TPSA) is 99.0 Å². The van der Waals surface area contributed by atoms with Gasteiger partial charge in [0.1, 0.15) is 0 Å². The van der Waals surface area contributed by atoms with Crippen LogP contribution in [0, 0.1) is 0 Å². The fourth-order valence-corrected chi connectivity index (χ4v) is 1.78. The van der Waals surface area contributed by atoms with Crippen LogP contribution in [0.4, 0.5) is 11.4 Å². The third-order valence-electron chi connectivity index (χ3n) is 2.80. The van der Waals surface area contributed by atoms with Gasteiger partial charge in [-0.1, -0.05) is 0 Å². The van der Waals surface area contributed by atoms with Crippen molar-refractivity contribution in [3.63, 3.8) is 0 Å². The van der Waals surface area contributed by atoms with Crippen LogP contribution in [0.2, 0.25) is 0 Å². The van der Waals surface area contributed by atoms with Crippen molar-refractivity contribution in [2.45, 2.75) is 13.0 Å². The van der Waals surface area contributed by atoms with Crippen LogP contribution in [-0.4, -0.2) is 22.0 Å². The van der Waals surface area contributed by atoms with Crippen molar-refractivity contribution in [1.29, 1.82) is 0 Å². The van der Waals surface area contributed by atoms with E-state index in [2.05, 4.69) is 10.3 Å². The Morgan fingerprint density at radius 1 is 1.42 bits per heavy atom. The fourth-order valence-electron chi connectivity index (χ4n) is 1.78. The highest BCUT2D eigenvalue weighted by Gasteiger charge is 2.04. The van der Waals surface area contributed by atoms with Crippen molar-refractivity contribution in [3.05, 3.63) is 42.5 Å². The van der Waals surface area contributed by atoms with Crippen molar-refractivity contribution in [2.75, 3.05) is 17.6 Å². The summed E-state index contributed by atoms with van der Waals surface area (Å²) >= 11 is 0. The van der Waals surface area contributed by atoms with Crippen LogP contribution in [-0.2, 0) is 6.54 Å². The number of primary amides is 1. The second kappa shape index (κ2) is 5.90. The third-order valence-corrected chi connectivity index (χ3v) is 2.80. The highest BCUT2D eigenvalue weighted by Crippen LogP contribution is 2.19. The van der Waals surface area contributed by atoms with Gasteiger partial charge in [-0.15, -0.1) is 0 Å². The second-order valence-corrected chi connectivity index (χ2v) is 4.25. The molecular weight excluding hydrogens is 242 g/mol. The first-order chi connectivity index (χ1) is 9.16. The molecule has 1 heterocycles. The Balaban J connectivity index is 1.84. The maximum absolute atomic E-state index is 11.0. The number of aryl methyl sites for hydroxylation is 1. The second-order valence-electron chi connectivity index (χ2n) is 4.25. The predicted octanol–water partition coefficient (Wildman–Crippen LogP) is 1.07. The van der Waals surface area contributed by atoms with Gasteiger partial charge in [-0.25, -0.2) is 4.98 Å². The minimum Gasteiger partial charge on any atom is -0.397 e. The van der Waals surface area contributed by atoms with Crippen molar-refractivity contribution in [1.82, 2.24) is 9.55 Å². The van der Waals surface area contributed by atoms with E-state index in [9.17, 15) is 4.79 Å². The number of nitrogens with zero attached hydrogens (tertiary/aromatic N) is 2. The van der Waals surface area contributed by atoms with Gasteiger partial charge in [0, 0.05) is 31.0 Å². The Morgan fingerprint density at radius 3 is 2.89 bits per heavy atom. The van der Waals surface area contributed by atoms with Crippen molar-refractivity contribution in [3.8, 4) is 0 Å². The first-order valence-electron chi connectivity index (χ1n) is 6.06. The summed E-state index contributed by atoms with van der Waals surface area (Å²) in [4.78, 5) is 15.0. The van der Waals surface area contributed by atoms with E-state index in [0.717, 1.165) is 25.2 Å². The smallest absolute Gasteiger partial charge is 0.248 e. The van der Waals surface area contributed by atoms with E-state index in [1.54, 1.807) is 30.7 Å². The first-order valence-corrected chi connectivity index (χ1v) is 6.06. The number of imidazole rings is 1. The molecule has 0 fully saturated rings. The molecule has 0 unspecified atom stereocenters. The van der Waals surface area contributed by atoms with Crippen LogP contribution in [0.25, 0.3) is 0 Å². The molecule has 0 atom stereocenters. The zero-order valence-corrected chi connectivity index (χ0v) is 10.5. The number of carbonyl (C=O) groups excluding carboxylic acids is 1. The number of rotatable bonds is 6. The van der Waals surface area contributed by atoms with E-state index in [0.29, 0.717) is 11.3 Å². The average molecular weight is 259 g/mol. The number of hydrogen-bond acceptors (Lipinski definition) is 4. The van der Waals surface area contributed by atoms with Crippen molar-refractivity contribution >= 4 is 17.3 Å². The van der Waals surface area contributed by atoms with Crippen LogP contribution in [0.3, 0.4) is 0 Å². The van der Waals surface area contributed by atoms with Crippen molar-refractivity contribution in [2.24, 2.45) is 5.73 Å². The van der Waals surface area contributed by atoms with Gasteiger partial charge in [-0.05, 0) is 24.6 Å². The SMILES string of the molecule is NC(=O)c1ccc(NCCCn2ccnc2)c(N)c1. The van der Waals surface area contributed by atoms with Crippen LogP contribution in [0.15, 0.2) is 36.9 Å². The van der Waals surface area contributed by atoms with Gasteiger partial charge in [0.2, 0.25) is 5.91 Å². The maximum atomic E-state index is 11.0. The number of carbonyl (C=O) groups is 1. The molecule has 1 amide bonds. The molecule has 0 spiro atoms. The highest BCUT2D eigenvalue weighted by atomic mass is 16.1. The van der Waals surface area contributed by atoms with E-state index >= 15 is 0 Å². The number of amides is 1. The largest absolute Gasteiger partial charge is 0.397 e. The summed E-state index contributed by atoms with van der Waals surface area (Å²) < 4.78 is 2.02. The Bertz CT molecular complexity index is 550. The van der Waals surface area contributed by atoms with Crippen LogP contribution >= 0.6 is 0 Å². The fraction of sp³-hybridized carbons (Fsp3) is 0.231. The van der Waals surface area contributed by atoms with Gasteiger partial charge in [0.25, 0.3) is 0 Å². The quantitative estimate of drug-likeness (QED) is 0.533. The number of nitrogens with one attached hydrogen (secondary N) is 1. The van der Waals surface area contributed by atoms with Gasteiger partial charge in [-0.2, -0.15) is 0 Å². The Morgan fingerprint density at radius 2 is 2.26 bits per heavy atom. The molecule has 2 aromatic rings. The standard InChI is InChI=1S/C13H17N5O/c14-11-8-10(13(15)19)2-3-12(11)17-4-1-6-18-7-5-16-9-18/h2-3,5,7-9,17H,1,4,6,14H2,(H2,15,19). The molecule has 100 valence electrons. The van der Waals surface area contributed by atoms with E-state index in [4.69, 9.17) is 11.5 Å². The number of nitrogen functional groups attached to an aromatic ring is 1. The van der Waals surface area contributed by atoms with Gasteiger partial charge >= 0.3 is 0 Å².